The van der Waals surface area contributed by atoms with Gasteiger partial charge in [0.1, 0.15) is 11.9 Å². The third-order valence-electron chi connectivity index (χ3n) is 2.21. The van der Waals surface area contributed by atoms with E-state index in [1.54, 1.807) is 18.3 Å². The van der Waals surface area contributed by atoms with E-state index in [0.717, 1.165) is 22.1 Å². The van der Waals surface area contributed by atoms with Gasteiger partial charge in [0.2, 0.25) is 0 Å². The summed E-state index contributed by atoms with van der Waals surface area (Å²) in [6.07, 6.45) is 1.72. The molecule has 2 rings (SSSR count). The summed E-state index contributed by atoms with van der Waals surface area (Å²) in [5.74, 6) is -0.493. The molecule has 86 valence electrons. The lowest BCUT2D eigenvalue weighted by molar-refractivity contribution is 0.624. The van der Waals surface area contributed by atoms with Crippen LogP contribution in [-0.2, 0) is 0 Å². The SMILES string of the molecule is CCNc1ncc(-c2ccc(F)c(C#N)c2)s1. The Hall–Kier alpha value is -1.93. The zero-order chi connectivity index (χ0) is 12.3. The molecule has 5 heteroatoms. The molecule has 0 bridgehead atoms. The molecule has 0 fully saturated rings. The van der Waals surface area contributed by atoms with Crippen LogP contribution in [-0.4, -0.2) is 11.5 Å². The normalized spacial score (nSPS) is 9.94. The van der Waals surface area contributed by atoms with Crippen molar-refractivity contribution in [2.75, 3.05) is 11.9 Å². The van der Waals surface area contributed by atoms with Crippen LogP contribution >= 0.6 is 11.3 Å². The lowest BCUT2D eigenvalue weighted by atomic mass is 10.1. The molecule has 0 saturated carbocycles. The summed E-state index contributed by atoms with van der Waals surface area (Å²) in [5.41, 5.74) is 0.866. The molecule has 17 heavy (non-hydrogen) atoms. The van der Waals surface area contributed by atoms with E-state index in [9.17, 15) is 4.39 Å². The zero-order valence-electron chi connectivity index (χ0n) is 9.20. The number of hydrogen-bond donors (Lipinski definition) is 1. The third-order valence-corrected chi connectivity index (χ3v) is 3.21. The smallest absolute Gasteiger partial charge is 0.183 e. The van der Waals surface area contributed by atoms with E-state index < -0.39 is 5.82 Å². The highest BCUT2D eigenvalue weighted by atomic mass is 32.1. The zero-order valence-corrected chi connectivity index (χ0v) is 10.0. The Kier molecular flexibility index (Phi) is 3.35. The van der Waals surface area contributed by atoms with Crippen molar-refractivity contribution >= 4 is 16.5 Å². The van der Waals surface area contributed by atoms with E-state index in [-0.39, 0.29) is 5.56 Å². The number of nitrogens with zero attached hydrogens (tertiary/aromatic N) is 2. The first-order valence-corrected chi connectivity index (χ1v) is 5.96. The highest BCUT2D eigenvalue weighted by Gasteiger charge is 2.07. The molecule has 0 spiro atoms. The molecule has 0 aliphatic rings. The van der Waals surface area contributed by atoms with Gasteiger partial charge in [-0.1, -0.05) is 17.4 Å². The number of benzene rings is 1. The van der Waals surface area contributed by atoms with E-state index in [0.29, 0.717) is 0 Å². The highest BCUT2D eigenvalue weighted by molar-refractivity contribution is 7.18. The number of nitriles is 1. The number of halogens is 1. The third kappa shape index (κ3) is 2.43. The fourth-order valence-electron chi connectivity index (χ4n) is 1.40. The molecule has 0 radical (unpaired) electrons. The second-order valence-electron chi connectivity index (χ2n) is 3.37. The van der Waals surface area contributed by atoms with E-state index >= 15 is 0 Å². The summed E-state index contributed by atoms with van der Waals surface area (Å²) in [7, 11) is 0. The van der Waals surface area contributed by atoms with Gasteiger partial charge < -0.3 is 5.32 Å². The van der Waals surface area contributed by atoms with Crippen molar-refractivity contribution in [3.63, 3.8) is 0 Å². The van der Waals surface area contributed by atoms with Gasteiger partial charge in [0.15, 0.2) is 5.13 Å². The van der Waals surface area contributed by atoms with Gasteiger partial charge in [-0.2, -0.15) is 5.26 Å². The summed E-state index contributed by atoms with van der Waals surface area (Å²) in [4.78, 5) is 5.11. The lowest BCUT2D eigenvalue weighted by Crippen LogP contribution is -1.94. The molecular formula is C12H10FN3S. The van der Waals surface area contributed by atoms with Crippen molar-refractivity contribution in [2.24, 2.45) is 0 Å². The van der Waals surface area contributed by atoms with Crippen LogP contribution in [0, 0.1) is 17.1 Å². The van der Waals surface area contributed by atoms with Gasteiger partial charge in [0, 0.05) is 12.7 Å². The average molecular weight is 247 g/mol. The number of nitrogens with one attached hydrogen (secondary N) is 1. The molecule has 1 heterocycles. The minimum Gasteiger partial charge on any atom is -0.362 e. The maximum atomic E-state index is 13.2. The monoisotopic (exact) mass is 247 g/mol. The fourth-order valence-corrected chi connectivity index (χ4v) is 2.29. The van der Waals surface area contributed by atoms with Crippen LogP contribution in [0.25, 0.3) is 10.4 Å². The summed E-state index contributed by atoms with van der Waals surface area (Å²) in [6, 6.07) is 6.33. The predicted octanol–water partition coefficient (Wildman–Crippen LogP) is 3.25. The Morgan fingerprint density at radius 2 is 2.35 bits per heavy atom. The molecule has 0 saturated heterocycles. The van der Waals surface area contributed by atoms with Crippen LogP contribution < -0.4 is 5.32 Å². The van der Waals surface area contributed by atoms with Crippen LogP contribution in [0.5, 0.6) is 0 Å². The Bertz CT molecular complexity index is 571. The first-order valence-electron chi connectivity index (χ1n) is 5.14. The van der Waals surface area contributed by atoms with E-state index in [2.05, 4.69) is 10.3 Å². The predicted molar refractivity (Wildman–Crippen MR) is 66.4 cm³/mol. The van der Waals surface area contributed by atoms with Crippen molar-refractivity contribution < 1.29 is 4.39 Å². The first-order chi connectivity index (χ1) is 8.24. The highest BCUT2D eigenvalue weighted by Crippen LogP contribution is 2.29. The molecular weight excluding hydrogens is 237 g/mol. The van der Waals surface area contributed by atoms with Crippen molar-refractivity contribution in [3.8, 4) is 16.5 Å². The van der Waals surface area contributed by atoms with Gasteiger partial charge in [-0.05, 0) is 24.6 Å². The van der Waals surface area contributed by atoms with Crippen LogP contribution in [0.2, 0.25) is 0 Å². The van der Waals surface area contributed by atoms with Gasteiger partial charge in [0.05, 0.1) is 10.4 Å². The van der Waals surface area contributed by atoms with E-state index in [1.165, 1.54) is 17.4 Å². The Balaban J connectivity index is 2.36. The Morgan fingerprint density at radius 3 is 3.06 bits per heavy atom. The Morgan fingerprint density at radius 1 is 1.53 bits per heavy atom. The Labute approximate surface area is 103 Å². The second kappa shape index (κ2) is 4.93. The molecule has 0 aliphatic carbocycles. The standard InChI is InChI=1S/C12H10FN3S/c1-2-15-12-16-7-11(17-12)8-3-4-10(13)9(5-8)6-14/h3-5,7H,2H2,1H3,(H,15,16). The summed E-state index contributed by atoms with van der Waals surface area (Å²) in [5, 5.41) is 12.7. The van der Waals surface area contributed by atoms with Crippen LogP contribution in [0.3, 0.4) is 0 Å². The largest absolute Gasteiger partial charge is 0.362 e. The lowest BCUT2D eigenvalue weighted by Gasteiger charge is -1.98. The average Bonchev–Trinajstić information content (AvgIpc) is 2.79. The number of hydrogen-bond acceptors (Lipinski definition) is 4. The molecule has 1 aromatic carbocycles. The van der Waals surface area contributed by atoms with E-state index in [1.807, 2.05) is 13.0 Å². The molecule has 3 nitrogen and oxygen atoms in total. The molecule has 1 N–H and O–H groups in total. The number of rotatable bonds is 3. The second-order valence-corrected chi connectivity index (χ2v) is 4.40. The van der Waals surface area contributed by atoms with E-state index in [4.69, 9.17) is 5.26 Å². The maximum absolute atomic E-state index is 13.2. The quantitative estimate of drug-likeness (QED) is 0.905. The number of aromatic nitrogens is 1. The maximum Gasteiger partial charge on any atom is 0.183 e. The topological polar surface area (TPSA) is 48.7 Å². The van der Waals surface area contributed by atoms with Crippen LogP contribution in [0.4, 0.5) is 9.52 Å². The van der Waals surface area contributed by atoms with Crippen LogP contribution in [0.1, 0.15) is 12.5 Å². The van der Waals surface area contributed by atoms with Gasteiger partial charge >= 0.3 is 0 Å². The van der Waals surface area contributed by atoms with Crippen molar-refractivity contribution in [1.82, 2.24) is 4.98 Å². The molecule has 0 amide bonds. The minimum atomic E-state index is -0.493. The van der Waals surface area contributed by atoms with Gasteiger partial charge in [-0.15, -0.1) is 0 Å². The number of anilines is 1. The molecule has 0 aliphatic heterocycles. The molecule has 0 atom stereocenters. The van der Waals surface area contributed by atoms with Gasteiger partial charge in [-0.25, -0.2) is 9.37 Å². The fraction of sp³-hybridized carbons (Fsp3) is 0.167. The molecule has 2 aromatic rings. The minimum absolute atomic E-state index is 0.0564. The summed E-state index contributed by atoms with van der Waals surface area (Å²) < 4.78 is 13.2. The van der Waals surface area contributed by atoms with Crippen molar-refractivity contribution in [1.29, 1.82) is 5.26 Å². The van der Waals surface area contributed by atoms with Gasteiger partial charge in [-0.3, -0.25) is 0 Å². The molecule has 0 unspecified atom stereocenters. The first kappa shape index (κ1) is 11.6. The number of thiazole rings is 1. The van der Waals surface area contributed by atoms with Crippen molar-refractivity contribution in [3.05, 3.63) is 35.8 Å². The summed E-state index contributed by atoms with van der Waals surface area (Å²) in [6.45, 7) is 2.80. The van der Waals surface area contributed by atoms with Crippen LogP contribution in [0.15, 0.2) is 24.4 Å². The van der Waals surface area contributed by atoms with Gasteiger partial charge in [0.25, 0.3) is 0 Å². The summed E-state index contributed by atoms with van der Waals surface area (Å²) >= 11 is 1.48. The van der Waals surface area contributed by atoms with Crippen molar-refractivity contribution in [2.45, 2.75) is 6.92 Å². The molecule has 1 aromatic heterocycles.